The second kappa shape index (κ2) is 4.84. The second-order valence-electron chi connectivity index (χ2n) is 5.03. The first kappa shape index (κ1) is 12.7. The van der Waals surface area contributed by atoms with Crippen molar-refractivity contribution < 1.29 is 9.90 Å². The first-order chi connectivity index (χ1) is 8.58. The Morgan fingerprint density at radius 2 is 2.33 bits per heavy atom. The van der Waals surface area contributed by atoms with E-state index in [1.165, 1.54) is 37.9 Å². The van der Waals surface area contributed by atoms with Gasteiger partial charge in [-0.15, -0.1) is 0 Å². The predicted molar refractivity (Wildman–Crippen MR) is 70.7 cm³/mol. The lowest BCUT2D eigenvalue weighted by atomic mass is 10.0. The molecule has 0 amide bonds. The van der Waals surface area contributed by atoms with Gasteiger partial charge in [-0.25, -0.2) is 9.78 Å². The number of aromatic carboxylic acids is 1. The molecule has 0 radical (unpaired) electrons. The largest absolute Gasteiger partial charge is 0.478 e. The predicted octanol–water partition coefficient (Wildman–Crippen LogP) is 2.35. The molecule has 1 aromatic rings. The van der Waals surface area contributed by atoms with Gasteiger partial charge < -0.3 is 16.2 Å². The Hall–Kier alpha value is -1.78. The highest BCUT2D eigenvalue weighted by molar-refractivity contribution is 5.96. The lowest BCUT2D eigenvalue weighted by molar-refractivity contribution is 0.0698. The van der Waals surface area contributed by atoms with Gasteiger partial charge >= 0.3 is 5.97 Å². The van der Waals surface area contributed by atoms with Crippen molar-refractivity contribution >= 4 is 17.5 Å². The van der Waals surface area contributed by atoms with Crippen molar-refractivity contribution in [2.24, 2.45) is 5.41 Å². The summed E-state index contributed by atoms with van der Waals surface area (Å²) in [5.41, 5.74) is 6.50. The molecule has 0 aliphatic heterocycles. The van der Waals surface area contributed by atoms with Gasteiger partial charge in [0, 0.05) is 12.7 Å². The normalized spacial score (nSPS) is 16.3. The summed E-state index contributed by atoms with van der Waals surface area (Å²) in [6.45, 7) is 3.00. The third-order valence-corrected chi connectivity index (χ3v) is 3.59. The molecule has 2 rings (SSSR count). The van der Waals surface area contributed by atoms with Crippen molar-refractivity contribution in [1.29, 1.82) is 0 Å². The quantitative estimate of drug-likeness (QED) is 0.720. The Morgan fingerprint density at radius 3 is 2.89 bits per heavy atom. The van der Waals surface area contributed by atoms with E-state index in [4.69, 9.17) is 10.8 Å². The number of hydrogen-bond donors (Lipinski definition) is 3. The molecule has 0 spiro atoms. The van der Waals surface area contributed by atoms with E-state index in [1.54, 1.807) is 0 Å². The molecular formula is C13H19N3O2. The Morgan fingerprint density at radius 1 is 1.61 bits per heavy atom. The van der Waals surface area contributed by atoms with Gasteiger partial charge in [0.2, 0.25) is 0 Å². The van der Waals surface area contributed by atoms with Gasteiger partial charge in [0.05, 0.1) is 11.3 Å². The topological polar surface area (TPSA) is 88.2 Å². The molecule has 1 heterocycles. The summed E-state index contributed by atoms with van der Waals surface area (Å²) in [7, 11) is 0. The molecule has 5 heteroatoms. The lowest BCUT2D eigenvalue weighted by Gasteiger charge is -2.16. The monoisotopic (exact) mass is 249 g/mol. The van der Waals surface area contributed by atoms with E-state index in [0.717, 1.165) is 6.54 Å². The van der Waals surface area contributed by atoms with Crippen LogP contribution in [0.1, 0.15) is 43.0 Å². The summed E-state index contributed by atoms with van der Waals surface area (Å²) in [5.74, 6) is -0.537. The van der Waals surface area contributed by atoms with Crippen LogP contribution in [-0.2, 0) is 0 Å². The minimum atomic E-state index is -1.02. The first-order valence-electron chi connectivity index (χ1n) is 6.30. The molecule has 5 nitrogen and oxygen atoms in total. The zero-order valence-electron chi connectivity index (χ0n) is 10.6. The number of nitrogens with two attached hydrogens (primary N) is 1. The minimum Gasteiger partial charge on any atom is -0.478 e. The van der Waals surface area contributed by atoms with Crippen LogP contribution in [0.2, 0.25) is 0 Å². The second-order valence-corrected chi connectivity index (χ2v) is 5.03. The van der Waals surface area contributed by atoms with Gasteiger partial charge in [-0.2, -0.15) is 0 Å². The summed E-state index contributed by atoms with van der Waals surface area (Å²) in [5, 5.41) is 12.2. The molecule has 1 aliphatic carbocycles. The van der Waals surface area contributed by atoms with Crippen molar-refractivity contribution in [2.45, 2.75) is 32.6 Å². The van der Waals surface area contributed by atoms with Crippen molar-refractivity contribution in [3.05, 3.63) is 17.8 Å². The highest BCUT2D eigenvalue weighted by Gasteiger charge is 2.41. The number of hydrogen-bond acceptors (Lipinski definition) is 4. The summed E-state index contributed by atoms with van der Waals surface area (Å²) in [6, 6.07) is 1.42. The standard InChI is InChI=1S/C13H19N3O2/c1-2-4-13(5-6-13)8-16-11-10(14)9(12(17)18)3-7-15-11/h3,7H,2,4-6,8,14H2,1H3,(H,15,16)(H,17,18). The number of anilines is 2. The Balaban J connectivity index is 2.06. The Bertz CT molecular complexity index is 456. The van der Waals surface area contributed by atoms with E-state index < -0.39 is 5.97 Å². The zero-order chi connectivity index (χ0) is 13.2. The maximum absolute atomic E-state index is 11.0. The van der Waals surface area contributed by atoms with Crippen LogP contribution < -0.4 is 11.1 Å². The third-order valence-electron chi connectivity index (χ3n) is 3.59. The van der Waals surface area contributed by atoms with E-state index in [0.29, 0.717) is 11.2 Å². The van der Waals surface area contributed by atoms with Gasteiger partial charge in [0.25, 0.3) is 0 Å². The fraction of sp³-hybridized carbons (Fsp3) is 0.538. The van der Waals surface area contributed by atoms with Gasteiger partial charge in [0.1, 0.15) is 5.82 Å². The molecule has 0 aromatic carbocycles. The molecular weight excluding hydrogens is 230 g/mol. The fourth-order valence-corrected chi connectivity index (χ4v) is 2.29. The SMILES string of the molecule is CCCC1(CNc2nccc(C(=O)O)c2N)CC1. The van der Waals surface area contributed by atoms with Gasteiger partial charge in [-0.1, -0.05) is 13.3 Å². The smallest absolute Gasteiger partial charge is 0.337 e. The van der Waals surface area contributed by atoms with Crippen LogP contribution in [0.4, 0.5) is 11.5 Å². The molecule has 0 unspecified atom stereocenters. The third kappa shape index (κ3) is 2.55. The zero-order valence-corrected chi connectivity index (χ0v) is 10.6. The number of carboxylic acids is 1. The fourth-order valence-electron chi connectivity index (χ4n) is 2.29. The van der Waals surface area contributed by atoms with Crippen LogP contribution in [0.15, 0.2) is 12.3 Å². The number of nitrogens with zero attached hydrogens (tertiary/aromatic N) is 1. The van der Waals surface area contributed by atoms with Crippen molar-refractivity contribution in [3.63, 3.8) is 0 Å². The first-order valence-corrected chi connectivity index (χ1v) is 6.30. The van der Waals surface area contributed by atoms with Crippen LogP contribution in [0, 0.1) is 5.41 Å². The number of carboxylic acid groups (broad SMARTS) is 1. The van der Waals surface area contributed by atoms with Crippen LogP contribution in [-0.4, -0.2) is 22.6 Å². The van der Waals surface area contributed by atoms with Crippen molar-refractivity contribution in [1.82, 2.24) is 4.98 Å². The molecule has 1 aliphatic rings. The molecule has 98 valence electrons. The van der Waals surface area contributed by atoms with E-state index in [-0.39, 0.29) is 11.3 Å². The number of aromatic nitrogens is 1. The highest BCUT2D eigenvalue weighted by Crippen LogP contribution is 2.49. The number of nitrogen functional groups attached to an aromatic ring is 1. The average molecular weight is 249 g/mol. The van der Waals surface area contributed by atoms with Crippen LogP contribution >= 0.6 is 0 Å². The van der Waals surface area contributed by atoms with Crippen LogP contribution in [0.25, 0.3) is 0 Å². The van der Waals surface area contributed by atoms with E-state index >= 15 is 0 Å². The van der Waals surface area contributed by atoms with Gasteiger partial charge in [-0.3, -0.25) is 0 Å². The number of pyridine rings is 1. The molecule has 0 saturated heterocycles. The Labute approximate surface area is 106 Å². The molecule has 4 N–H and O–H groups in total. The Kier molecular flexibility index (Phi) is 3.41. The highest BCUT2D eigenvalue weighted by atomic mass is 16.4. The number of rotatable bonds is 6. The van der Waals surface area contributed by atoms with Crippen LogP contribution in [0.3, 0.4) is 0 Å². The number of carbonyl (C=O) groups is 1. The summed E-state index contributed by atoms with van der Waals surface area (Å²) in [4.78, 5) is 15.1. The van der Waals surface area contributed by atoms with Crippen molar-refractivity contribution in [3.8, 4) is 0 Å². The molecule has 1 aromatic heterocycles. The molecule has 1 saturated carbocycles. The summed E-state index contributed by atoms with van der Waals surface area (Å²) >= 11 is 0. The van der Waals surface area contributed by atoms with E-state index in [9.17, 15) is 4.79 Å². The summed E-state index contributed by atoms with van der Waals surface area (Å²) < 4.78 is 0. The molecule has 0 atom stereocenters. The van der Waals surface area contributed by atoms with Crippen molar-refractivity contribution in [2.75, 3.05) is 17.6 Å². The lowest BCUT2D eigenvalue weighted by Crippen LogP contribution is -2.17. The molecule has 1 fully saturated rings. The minimum absolute atomic E-state index is 0.104. The van der Waals surface area contributed by atoms with Crippen LogP contribution in [0.5, 0.6) is 0 Å². The van der Waals surface area contributed by atoms with Gasteiger partial charge in [-0.05, 0) is 30.7 Å². The molecule has 0 bridgehead atoms. The maximum Gasteiger partial charge on any atom is 0.337 e. The summed E-state index contributed by atoms with van der Waals surface area (Å²) in [6.07, 6.45) is 6.29. The van der Waals surface area contributed by atoms with E-state index in [2.05, 4.69) is 17.2 Å². The number of nitrogens with one attached hydrogen (secondary N) is 1. The maximum atomic E-state index is 11.0. The van der Waals surface area contributed by atoms with E-state index in [1.807, 2.05) is 0 Å². The average Bonchev–Trinajstić information content (AvgIpc) is 3.08. The molecule has 18 heavy (non-hydrogen) atoms. The van der Waals surface area contributed by atoms with Gasteiger partial charge in [0.15, 0.2) is 0 Å².